The molecule has 0 aliphatic carbocycles. The zero-order valence-electron chi connectivity index (χ0n) is 20.7. The minimum absolute atomic E-state index is 0.0757. The van der Waals surface area contributed by atoms with Crippen LogP contribution in [0.4, 0.5) is 13.6 Å². The van der Waals surface area contributed by atoms with E-state index in [0.29, 0.717) is 61.5 Å². The largest absolute Gasteiger partial charge is 0.444 e. The number of fused-ring (bicyclic) bond motifs is 2. The molecule has 1 aromatic carbocycles. The maximum absolute atomic E-state index is 13.9. The Labute approximate surface area is 216 Å². The number of halogens is 3. The van der Waals surface area contributed by atoms with Crippen molar-refractivity contribution >= 4 is 39.9 Å². The third kappa shape index (κ3) is 5.21. The first-order valence-electron chi connectivity index (χ1n) is 12.0. The molecule has 1 amide bonds. The second kappa shape index (κ2) is 9.82. The van der Waals surface area contributed by atoms with Gasteiger partial charge >= 0.3 is 6.09 Å². The Balaban J connectivity index is 1.36. The smallest absolute Gasteiger partial charge is 0.410 e. The van der Waals surface area contributed by atoms with Crippen molar-refractivity contribution in [1.82, 2.24) is 38.9 Å². The summed E-state index contributed by atoms with van der Waals surface area (Å²) >= 11 is 6.25. The van der Waals surface area contributed by atoms with Crippen LogP contribution in [0.15, 0.2) is 30.6 Å². The predicted molar refractivity (Wildman–Crippen MR) is 134 cm³/mol. The van der Waals surface area contributed by atoms with Crippen LogP contribution in [0.25, 0.3) is 28.0 Å². The van der Waals surface area contributed by atoms with Crippen molar-refractivity contribution in [3.05, 3.63) is 41.7 Å². The van der Waals surface area contributed by atoms with Crippen molar-refractivity contribution in [3.63, 3.8) is 0 Å². The van der Waals surface area contributed by atoms with E-state index < -0.39 is 17.9 Å². The topological polar surface area (TPSA) is 94.2 Å². The molecule has 0 saturated carbocycles. The minimum atomic E-state index is -2.82. The highest BCUT2D eigenvalue weighted by Crippen LogP contribution is 2.30. The molecule has 13 heteroatoms. The van der Waals surface area contributed by atoms with Crippen molar-refractivity contribution in [2.24, 2.45) is 0 Å². The third-order valence-electron chi connectivity index (χ3n) is 6.09. The van der Waals surface area contributed by atoms with Crippen LogP contribution in [-0.4, -0.2) is 83.3 Å². The first-order chi connectivity index (χ1) is 17.6. The number of imidazole rings is 2. The second-order valence-electron chi connectivity index (χ2n) is 9.83. The number of piperazine rings is 1. The molecule has 0 spiro atoms. The van der Waals surface area contributed by atoms with Crippen LogP contribution in [0.5, 0.6) is 0 Å². The van der Waals surface area contributed by atoms with E-state index in [0.717, 1.165) is 0 Å². The molecule has 5 rings (SSSR count). The fraction of sp³-hybridized carbons (Fsp3) is 0.458. The molecule has 1 aliphatic rings. The first kappa shape index (κ1) is 25.3. The average Bonchev–Trinajstić information content (AvgIpc) is 3.43. The Morgan fingerprint density at radius 3 is 2.51 bits per heavy atom. The van der Waals surface area contributed by atoms with Gasteiger partial charge in [0, 0.05) is 39.3 Å². The maximum Gasteiger partial charge on any atom is 0.410 e. The van der Waals surface area contributed by atoms with Gasteiger partial charge in [0.05, 0.1) is 17.4 Å². The Morgan fingerprint density at radius 2 is 1.81 bits per heavy atom. The molecule has 0 radical (unpaired) electrons. The number of ether oxygens (including phenoxy) is 1. The predicted octanol–water partition coefficient (Wildman–Crippen LogP) is 4.31. The molecule has 0 bridgehead atoms. The highest BCUT2D eigenvalue weighted by atomic mass is 35.5. The van der Waals surface area contributed by atoms with Crippen molar-refractivity contribution in [1.29, 1.82) is 0 Å². The van der Waals surface area contributed by atoms with E-state index in [2.05, 4.69) is 24.8 Å². The van der Waals surface area contributed by atoms with E-state index in [9.17, 15) is 13.6 Å². The van der Waals surface area contributed by atoms with Gasteiger partial charge in [-0.3, -0.25) is 9.47 Å². The average molecular weight is 533 g/mol. The number of aromatic nitrogens is 6. The molecule has 0 N–H and O–H groups in total. The summed E-state index contributed by atoms with van der Waals surface area (Å²) in [4.78, 5) is 33.4. The molecule has 1 saturated heterocycles. The number of benzene rings is 1. The summed E-state index contributed by atoms with van der Waals surface area (Å²) in [5.74, 6) is -0.279. The Hall–Kier alpha value is -3.38. The van der Waals surface area contributed by atoms with Gasteiger partial charge in [-0.1, -0.05) is 12.1 Å². The van der Waals surface area contributed by atoms with Crippen molar-refractivity contribution < 1.29 is 18.3 Å². The minimum Gasteiger partial charge on any atom is -0.444 e. The Bertz CT molecular complexity index is 1440. The molecule has 1 fully saturated rings. The fourth-order valence-electron chi connectivity index (χ4n) is 4.37. The molecule has 0 unspecified atom stereocenters. The number of amides is 1. The Morgan fingerprint density at radius 1 is 1.08 bits per heavy atom. The lowest BCUT2D eigenvalue weighted by Crippen LogP contribution is -2.50. The number of rotatable bonds is 5. The van der Waals surface area contributed by atoms with Gasteiger partial charge in [0.2, 0.25) is 5.28 Å². The van der Waals surface area contributed by atoms with Gasteiger partial charge < -0.3 is 14.2 Å². The van der Waals surface area contributed by atoms with Crippen molar-refractivity contribution in [3.8, 4) is 5.82 Å². The summed E-state index contributed by atoms with van der Waals surface area (Å²) in [6, 6.07) is 6.85. The molecule has 0 atom stereocenters. The number of carbonyl (C=O) groups is 1. The van der Waals surface area contributed by atoms with Gasteiger partial charge in [-0.25, -0.2) is 23.5 Å². The monoisotopic (exact) mass is 532 g/mol. The highest BCUT2D eigenvalue weighted by Gasteiger charge is 2.27. The van der Waals surface area contributed by atoms with E-state index in [1.54, 1.807) is 35.5 Å². The van der Waals surface area contributed by atoms with Gasteiger partial charge in [0.15, 0.2) is 22.8 Å². The number of hydrogen-bond acceptors (Lipinski definition) is 7. The van der Waals surface area contributed by atoms with Crippen LogP contribution in [0, 0.1) is 0 Å². The van der Waals surface area contributed by atoms with E-state index in [-0.39, 0.29) is 17.2 Å². The molecule has 4 heterocycles. The summed E-state index contributed by atoms with van der Waals surface area (Å²) in [7, 11) is 0. The number of para-hydroxylation sites is 2. The zero-order valence-corrected chi connectivity index (χ0v) is 21.5. The number of hydrogen-bond donors (Lipinski definition) is 0. The third-order valence-corrected chi connectivity index (χ3v) is 6.26. The molecule has 1 aliphatic heterocycles. The molecule has 37 heavy (non-hydrogen) atoms. The van der Waals surface area contributed by atoms with Crippen LogP contribution in [0.2, 0.25) is 5.28 Å². The van der Waals surface area contributed by atoms with E-state index >= 15 is 0 Å². The first-order valence-corrected chi connectivity index (χ1v) is 12.3. The van der Waals surface area contributed by atoms with Gasteiger partial charge in [0.25, 0.3) is 6.43 Å². The molecular formula is C24H27ClF2N8O2. The summed E-state index contributed by atoms with van der Waals surface area (Å²) in [5.41, 5.74) is 1.17. The van der Waals surface area contributed by atoms with Gasteiger partial charge in [-0.15, -0.1) is 0 Å². The number of alkyl halides is 2. The lowest BCUT2D eigenvalue weighted by molar-refractivity contribution is 0.0143. The second-order valence-corrected chi connectivity index (χ2v) is 10.2. The highest BCUT2D eigenvalue weighted by molar-refractivity contribution is 6.28. The molecular weight excluding hydrogens is 506 g/mol. The lowest BCUT2D eigenvalue weighted by atomic mass is 10.2. The van der Waals surface area contributed by atoms with Crippen LogP contribution in [0.1, 0.15) is 33.0 Å². The van der Waals surface area contributed by atoms with Crippen molar-refractivity contribution in [2.75, 3.05) is 32.7 Å². The van der Waals surface area contributed by atoms with Crippen molar-refractivity contribution in [2.45, 2.75) is 39.3 Å². The fourth-order valence-corrected chi connectivity index (χ4v) is 4.53. The number of nitrogens with zero attached hydrogens (tertiary/aromatic N) is 8. The van der Waals surface area contributed by atoms with E-state index in [1.807, 2.05) is 25.3 Å². The van der Waals surface area contributed by atoms with Gasteiger partial charge in [-0.05, 0) is 44.5 Å². The van der Waals surface area contributed by atoms with Crippen LogP contribution >= 0.6 is 11.6 Å². The van der Waals surface area contributed by atoms with Gasteiger partial charge in [-0.2, -0.15) is 9.97 Å². The SMILES string of the molecule is CC(C)(C)OC(=O)N1CCN(CCn2cnc3c(-n4c(C(F)F)nc5ccccc54)nc(Cl)nc32)CC1. The van der Waals surface area contributed by atoms with Gasteiger partial charge in [0.1, 0.15) is 5.60 Å². The molecule has 196 valence electrons. The number of carbonyl (C=O) groups excluding carboxylic acids is 1. The summed E-state index contributed by atoms with van der Waals surface area (Å²) < 4.78 is 36.4. The molecule has 10 nitrogen and oxygen atoms in total. The molecule has 3 aromatic heterocycles. The summed E-state index contributed by atoms with van der Waals surface area (Å²) in [6.07, 6.45) is -1.52. The zero-order chi connectivity index (χ0) is 26.3. The normalized spacial score (nSPS) is 15.3. The standard InChI is InChI=1S/C24H27ClF2N8O2/c1-24(2,3)37-23(36)33-11-8-32(9-12-33)10-13-34-14-28-17-19(34)30-22(25)31-20(17)35-16-7-5-4-6-15(16)29-21(35)18(26)27/h4-7,14,18H,8-13H2,1-3H3. The summed E-state index contributed by atoms with van der Waals surface area (Å²) in [6.45, 7) is 9.31. The van der Waals surface area contributed by atoms with E-state index in [4.69, 9.17) is 16.3 Å². The Kier molecular flexibility index (Phi) is 6.71. The lowest BCUT2D eigenvalue weighted by Gasteiger charge is -2.35. The van der Waals surface area contributed by atoms with Crippen LogP contribution < -0.4 is 0 Å². The van der Waals surface area contributed by atoms with E-state index in [1.165, 1.54) is 4.57 Å². The molecule has 4 aromatic rings. The van der Waals surface area contributed by atoms with Crippen LogP contribution in [0.3, 0.4) is 0 Å². The quantitative estimate of drug-likeness (QED) is 0.353. The summed E-state index contributed by atoms with van der Waals surface area (Å²) in [5, 5.41) is -0.0757. The maximum atomic E-state index is 13.9. The van der Waals surface area contributed by atoms with Crippen LogP contribution in [-0.2, 0) is 11.3 Å².